The third-order valence-corrected chi connectivity index (χ3v) is 7.89. The molecular formula is C25H27N3O5S. The topological polar surface area (TPSA) is 124 Å². The number of carbonyl (C=O) groups is 2. The van der Waals surface area contributed by atoms with E-state index in [1.807, 2.05) is 44.2 Å². The molecule has 1 aromatic heterocycles. The second kappa shape index (κ2) is 10.0. The van der Waals surface area contributed by atoms with E-state index in [-0.39, 0.29) is 23.3 Å². The minimum Gasteiger partial charge on any atom is -0.616 e. The number of rotatable bonds is 7. The summed E-state index contributed by atoms with van der Waals surface area (Å²) in [7, 11) is 0. The van der Waals surface area contributed by atoms with Crippen LogP contribution in [0, 0.1) is 6.92 Å². The van der Waals surface area contributed by atoms with Crippen molar-refractivity contribution in [2.75, 3.05) is 5.75 Å². The van der Waals surface area contributed by atoms with E-state index >= 15 is 0 Å². The van der Waals surface area contributed by atoms with Gasteiger partial charge in [0.2, 0.25) is 5.91 Å². The Balaban J connectivity index is 1.44. The van der Waals surface area contributed by atoms with Gasteiger partial charge in [0.15, 0.2) is 0 Å². The second-order valence-corrected chi connectivity index (χ2v) is 10.6. The van der Waals surface area contributed by atoms with Gasteiger partial charge in [0, 0.05) is 28.6 Å². The lowest BCUT2D eigenvalue weighted by molar-refractivity contribution is -0.130. The SMILES string of the molecule is Cc1cc(COc2ccc(C(=O)NC3(CC(=O)NO)CC(C)[S+]([O-])C3)cc2)c2ccccc2n1. The van der Waals surface area contributed by atoms with Crippen molar-refractivity contribution in [3.63, 3.8) is 0 Å². The molecule has 178 valence electrons. The third kappa shape index (κ3) is 5.32. The number of para-hydroxylation sites is 1. The van der Waals surface area contributed by atoms with Gasteiger partial charge >= 0.3 is 0 Å². The van der Waals surface area contributed by atoms with Crippen LogP contribution in [0.1, 0.15) is 41.4 Å². The Morgan fingerprint density at radius 3 is 2.65 bits per heavy atom. The molecule has 3 aromatic rings. The maximum absolute atomic E-state index is 12.9. The first kappa shape index (κ1) is 24.0. The number of fused-ring (bicyclic) bond motifs is 1. The Hall–Kier alpha value is -3.14. The summed E-state index contributed by atoms with van der Waals surface area (Å²) in [6.07, 6.45) is 0.241. The van der Waals surface area contributed by atoms with E-state index in [2.05, 4.69) is 10.3 Å². The van der Waals surface area contributed by atoms with Gasteiger partial charge in [-0.2, -0.15) is 0 Å². The Bertz CT molecular complexity index is 1190. The predicted molar refractivity (Wildman–Crippen MR) is 129 cm³/mol. The number of hydroxylamine groups is 1. The number of ether oxygens (including phenoxy) is 1. The van der Waals surface area contributed by atoms with Gasteiger partial charge in [-0.05, 0) is 61.4 Å². The van der Waals surface area contributed by atoms with Crippen LogP contribution in [0.4, 0.5) is 0 Å². The quantitative estimate of drug-likeness (QED) is 0.271. The normalized spacial score (nSPS) is 21.9. The highest BCUT2D eigenvalue weighted by atomic mass is 32.2. The zero-order valence-electron chi connectivity index (χ0n) is 19.0. The number of nitrogens with zero attached hydrogens (tertiary/aromatic N) is 1. The molecule has 2 aromatic carbocycles. The zero-order chi connectivity index (χ0) is 24.3. The van der Waals surface area contributed by atoms with Gasteiger partial charge in [0.1, 0.15) is 23.4 Å². The average Bonchev–Trinajstić information content (AvgIpc) is 3.09. The fraction of sp³-hybridized carbons (Fsp3) is 0.320. The fourth-order valence-electron chi connectivity index (χ4n) is 4.41. The number of pyridine rings is 1. The molecule has 2 amide bonds. The van der Waals surface area contributed by atoms with Crippen LogP contribution in [0.15, 0.2) is 54.6 Å². The van der Waals surface area contributed by atoms with Crippen molar-refractivity contribution < 1.29 is 24.1 Å². The number of nitrogens with one attached hydrogen (secondary N) is 2. The minimum absolute atomic E-state index is 0.147. The zero-order valence-corrected chi connectivity index (χ0v) is 19.9. The summed E-state index contributed by atoms with van der Waals surface area (Å²) in [5, 5.41) is 12.7. The number of hydrogen-bond donors (Lipinski definition) is 3. The molecule has 3 N–H and O–H groups in total. The lowest BCUT2D eigenvalue weighted by Gasteiger charge is -2.26. The summed E-state index contributed by atoms with van der Waals surface area (Å²) in [5.41, 5.74) is 3.88. The van der Waals surface area contributed by atoms with Crippen molar-refractivity contribution in [1.82, 2.24) is 15.8 Å². The van der Waals surface area contributed by atoms with Gasteiger partial charge in [-0.1, -0.05) is 18.2 Å². The van der Waals surface area contributed by atoms with E-state index in [1.165, 1.54) is 0 Å². The number of aromatic nitrogens is 1. The van der Waals surface area contributed by atoms with Crippen LogP contribution in [0.3, 0.4) is 0 Å². The standard InChI is InChI=1S/C25H27N3O5S/c1-16-11-19(21-5-3-4-6-22(21)26-16)14-33-20-9-7-18(8-10-20)24(30)27-25(13-23(29)28-31)12-17(2)34(32)15-25/h3-11,17,31H,12-15H2,1-2H3,(H,27,30)(H,28,29). The molecule has 3 atom stereocenters. The van der Waals surface area contributed by atoms with Crippen molar-refractivity contribution in [2.24, 2.45) is 0 Å². The largest absolute Gasteiger partial charge is 0.616 e. The molecule has 1 saturated heterocycles. The minimum atomic E-state index is -1.17. The van der Waals surface area contributed by atoms with Crippen molar-refractivity contribution in [1.29, 1.82) is 0 Å². The summed E-state index contributed by atoms with van der Waals surface area (Å²) in [6, 6.07) is 16.6. The van der Waals surface area contributed by atoms with E-state index in [9.17, 15) is 14.1 Å². The van der Waals surface area contributed by atoms with Gasteiger partial charge in [0.25, 0.3) is 5.91 Å². The molecule has 8 nitrogen and oxygen atoms in total. The number of carbonyl (C=O) groups excluding carboxylic acids is 2. The molecule has 9 heteroatoms. The van der Waals surface area contributed by atoms with E-state index in [4.69, 9.17) is 9.94 Å². The van der Waals surface area contributed by atoms with Crippen LogP contribution in [0.2, 0.25) is 0 Å². The second-order valence-electron chi connectivity index (χ2n) is 8.74. The maximum atomic E-state index is 12.9. The molecule has 0 saturated carbocycles. The predicted octanol–water partition coefficient (Wildman–Crippen LogP) is 3.03. The number of benzene rings is 2. The molecule has 0 bridgehead atoms. The van der Waals surface area contributed by atoms with E-state index in [0.717, 1.165) is 22.2 Å². The van der Waals surface area contributed by atoms with E-state index in [1.54, 1.807) is 29.7 Å². The Morgan fingerprint density at radius 2 is 1.97 bits per heavy atom. The molecule has 0 aliphatic carbocycles. The van der Waals surface area contributed by atoms with Crippen molar-refractivity contribution in [2.45, 2.75) is 44.1 Å². The van der Waals surface area contributed by atoms with Crippen molar-refractivity contribution in [3.8, 4) is 5.75 Å². The molecule has 3 unspecified atom stereocenters. The van der Waals surface area contributed by atoms with Crippen LogP contribution in [0.25, 0.3) is 10.9 Å². The monoisotopic (exact) mass is 481 g/mol. The molecule has 4 rings (SSSR count). The molecule has 2 heterocycles. The van der Waals surface area contributed by atoms with Gasteiger partial charge in [-0.15, -0.1) is 0 Å². The van der Waals surface area contributed by atoms with Gasteiger partial charge in [-0.25, -0.2) is 5.48 Å². The average molecular weight is 482 g/mol. The first-order valence-electron chi connectivity index (χ1n) is 11.0. The molecule has 1 aliphatic heterocycles. The van der Waals surface area contributed by atoms with Crippen molar-refractivity contribution in [3.05, 3.63) is 71.4 Å². The first-order valence-corrected chi connectivity index (χ1v) is 12.4. The molecule has 1 fully saturated rings. The van der Waals surface area contributed by atoms with Gasteiger partial charge < -0.3 is 14.6 Å². The van der Waals surface area contributed by atoms with Crippen LogP contribution >= 0.6 is 0 Å². The summed E-state index contributed by atoms with van der Waals surface area (Å²) in [4.78, 5) is 29.3. The highest BCUT2D eigenvalue weighted by Gasteiger charge is 2.49. The summed E-state index contributed by atoms with van der Waals surface area (Å²) < 4.78 is 18.2. The number of amides is 2. The van der Waals surface area contributed by atoms with Crippen molar-refractivity contribution >= 4 is 33.9 Å². The summed E-state index contributed by atoms with van der Waals surface area (Å²) in [6.45, 7) is 4.12. The summed E-state index contributed by atoms with van der Waals surface area (Å²) >= 11 is -1.17. The fourth-order valence-corrected chi connectivity index (χ4v) is 6.04. The lowest BCUT2D eigenvalue weighted by atomic mass is 9.91. The van der Waals surface area contributed by atoms with E-state index in [0.29, 0.717) is 24.3 Å². The highest BCUT2D eigenvalue weighted by molar-refractivity contribution is 7.92. The third-order valence-electron chi connectivity index (χ3n) is 5.99. The molecule has 0 radical (unpaired) electrons. The lowest BCUT2D eigenvalue weighted by Crippen LogP contribution is -2.52. The summed E-state index contributed by atoms with van der Waals surface area (Å²) in [5.74, 6) is -0.235. The van der Waals surface area contributed by atoms with Crippen LogP contribution < -0.4 is 15.5 Å². The molecular weight excluding hydrogens is 454 g/mol. The Labute approximate surface area is 200 Å². The van der Waals surface area contributed by atoms with Crippen LogP contribution in [-0.4, -0.2) is 43.1 Å². The van der Waals surface area contributed by atoms with Gasteiger partial charge in [-0.3, -0.25) is 19.8 Å². The molecule has 0 spiro atoms. The number of hydrogen-bond acceptors (Lipinski definition) is 6. The smallest absolute Gasteiger partial charge is 0.251 e. The van der Waals surface area contributed by atoms with Crippen LogP contribution in [-0.2, 0) is 22.6 Å². The number of aryl methyl sites for hydroxylation is 1. The first-order chi connectivity index (χ1) is 16.3. The molecule has 1 aliphatic rings. The molecule has 34 heavy (non-hydrogen) atoms. The van der Waals surface area contributed by atoms with Crippen LogP contribution in [0.5, 0.6) is 5.75 Å². The Morgan fingerprint density at radius 1 is 1.24 bits per heavy atom. The van der Waals surface area contributed by atoms with E-state index < -0.39 is 22.6 Å². The maximum Gasteiger partial charge on any atom is 0.251 e. The highest BCUT2D eigenvalue weighted by Crippen LogP contribution is 2.32. The van der Waals surface area contributed by atoms with Gasteiger partial charge in [0.05, 0.1) is 17.5 Å². The Kier molecular flexibility index (Phi) is 7.06.